The van der Waals surface area contributed by atoms with Crippen molar-refractivity contribution in [1.29, 1.82) is 0 Å². The number of halogens is 2. The molecule has 0 aromatic heterocycles. The van der Waals surface area contributed by atoms with Crippen LogP contribution in [0.4, 0.5) is 20.6 Å². The molecule has 1 aliphatic rings. The van der Waals surface area contributed by atoms with E-state index in [2.05, 4.69) is 10.6 Å². The number of benzene rings is 2. The van der Waals surface area contributed by atoms with Gasteiger partial charge in [0.05, 0.1) is 17.3 Å². The fraction of sp³-hybridized carbons (Fsp3) is 0.211. The second-order valence-electron chi connectivity index (χ2n) is 5.96. The Hall–Kier alpha value is -3.13. The predicted molar refractivity (Wildman–Crippen MR) is 102 cm³/mol. The smallest absolute Gasteiger partial charge is 0.328 e. The molecule has 2 aromatic carbocycles. The van der Waals surface area contributed by atoms with Crippen molar-refractivity contribution in [2.75, 3.05) is 23.4 Å². The first-order valence-electron chi connectivity index (χ1n) is 8.51. The van der Waals surface area contributed by atoms with E-state index in [9.17, 15) is 18.8 Å². The zero-order chi connectivity index (χ0) is 20.3. The topological polar surface area (TPSA) is 87.7 Å². The number of carbonyl (C=O) groups excluding carboxylic acids is 3. The first kappa shape index (κ1) is 19.6. The molecular weight excluding hydrogens is 389 g/mol. The predicted octanol–water partition coefficient (Wildman–Crippen LogP) is 3.19. The average molecular weight is 406 g/mol. The molecule has 4 amide bonds. The van der Waals surface area contributed by atoms with Gasteiger partial charge in [0.15, 0.2) is 0 Å². The molecule has 1 atom stereocenters. The lowest BCUT2D eigenvalue weighted by Crippen LogP contribution is -2.58. The van der Waals surface area contributed by atoms with E-state index in [-0.39, 0.29) is 17.3 Å². The Morgan fingerprint density at radius 2 is 2.00 bits per heavy atom. The van der Waals surface area contributed by atoms with Crippen LogP contribution in [-0.2, 0) is 9.59 Å². The number of amides is 4. The van der Waals surface area contributed by atoms with E-state index in [0.29, 0.717) is 18.0 Å². The Kier molecular flexibility index (Phi) is 5.79. The minimum atomic E-state index is -1.15. The van der Waals surface area contributed by atoms with E-state index in [1.807, 2.05) is 6.92 Å². The minimum absolute atomic E-state index is 0.0764. The number of ether oxygens (including phenoxy) is 1. The largest absolute Gasteiger partial charge is 0.494 e. The first-order valence-corrected chi connectivity index (χ1v) is 8.89. The van der Waals surface area contributed by atoms with Crippen molar-refractivity contribution in [2.45, 2.75) is 6.92 Å². The normalized spacial score (nSPS) is 16.5. The molecule has 1 fully saturated rings. The van der Waals surface area contributed by atoms with Crippen LogP contribution in [0.15, 0.2) is 42.5 Å². The Balaban J connectivity index is 1.76. The highest BCUT2D eigenvalue weighted by Gasteiger charge is 2.39. The number of hydrogen-bond donors (Lipinski definition) is 2. The molecule has 0 radical (unpaired) electrons. The third-order valence-electron chi connectivity index (χ3n) is 4.09. The summed E-state index contributed by atoms with van der Waals surface area (Å²) in [6.45, 7) is 2.23. The molecule has 146 valence electrons. The number of urea groups is 1. The van der Waals surface area contributed by atoms with Gasteiger partial charge in [-0.25, -0.2) is 14.1 Å². The number of nitrogens with one attached hydrogen (secondary N) is 2. The summed E-state index contributed by atoms with van der Waals surface area (Å²) in [4.78, 5) is 38.2. The zero-order valence-corrected chi connectivity index (χ0v) is 15.6. The highest BCUT2D eigenvalue weighted by Crippen LogP contribution is 2.26. The standard InChI is InChI=1S/C19H17ClFN3O4/c1-2-28-13-6-3-11(4-7-13)23-17(25)14-10-22-19(27)24(18(14)26)12-5-8-16(21)15(20)9-12/h3-9,14H,2,10H2,1H3,(H,22,27)(H,23,25). The van der Waals surface area contributed by atoms with E-state index in [1.54, 1.807) is 24.3 Å². The van der Waals surface area contributed by atoms with Crippen LogP contribution in [0.3, 0.4) is 0 Å². The molecule has 2 N–H and O–H groups in total. The van der Waals surface area contributed by atoms with Crippen LogP contribution in [0.1, 0.15) is 6.92 Å². The monoisotopic (exact) mass is 405 g/mol. The van der Waals surface area contributed by atoms with Crippen molar-refractivity contribution in [3.63, 3.8) is 0 Å². The highest BCUT2D eigenvalue weighted by atomic mass is 35.5. The summed E-state index contributed by atoms with van der Waals surface area (Å²) in [7, 11) is 0. The Labute approximate surface area is 165 Å². The van der Waals surface area contributed by atoms with E-state index >= 15 is 0 Å². The van der Waals surface area contributed by atoms with Crippen LogP contribution in [0.25, 0.3) is 0 Å². The van der Waals surface area contributed by atoms with Crippen LogP contribution < -0.4 is 20.3 Å². The summed E-state index contributed by atoms with van der Waals surface area (Å²) >= 11 is 5.74. The van der Waals surface area contributed by atoms with Crippen molar-refractivity contribution >= 4 is 40.8 Å². The second-order valence-corrected chi connectivity index (χ2v) is 6.36. The van der Waals surface area contributed by atoms with E-state index in [4.69, 9.17) is 16.3 Å². The molecule has 2 aromatic rings. The number of hydrogen-bond acceptors (Lipinski definition) is 4. The Morgan fingerprint density at radius 3 is 2.64 bits per heavy atom. The summed E-state index contributed by atoms with van der Waals surface area (Å²) in [5, 5.41) is 4.89. The number of rotatable bonds is 5. The average Bonchev–Trinajstić information content (AvgIpc) is 2.66. The third kappa shape index (κ3) is 4.07. The maximum absolute atomic E-state index is 13.4. The van der Waals surface area contributed by atoms with Gasteiger partial charge in [0.1, 0.15) is 17.5 Å². The summed E-state index contributed by atoms with van der Waals surface area (Å²) in [6, 6.07) is 9.40. The fourth-order valence-electron chi connectivity index (χ4n) is 2.72. The molecule has 1 heterocycles. The lowest BCUT2D eigenvalue weighted by Gasteiger charge is -2.30. The molecule has 9 heteroatoms. The zero-order valence-electron chi connectivity index (χ0n) is 14.9. The molecule has 0 spiro atoms. The van der Waals surface area contributed by atoms with Gasteiger partial charge in [-0.2, -0.15) is 0 Å². The van der Waals surface area contributed by atoms with Crippen molar-refractivity contribution in [3.05, 3.63) is 53.3 Å². The number of carbonyl (C=O) groups is 3. The van der Waals surface area contributed by atoms with Crippen LogP contribution in [0, 0.1) is 11.7 Å². The molecule has 1 unspecified atom stereocenters. The van der Waals surface area contributed by atoms with Crippen molar-refractivity contribution in [1.82, 2.24) is 5.32 Å². The fourth-order valence-corrected chi connectivity index (χ4v) is 2.89. The van der Waals surface area contributed by atoms with Gasteiger partial charge in [-0.15, -0.1) is 0 Å². The van der Waals surface area contributed by atoms with Crippen molar-refractivity contribution in [2.24, 2.45) is 5.92 Å². The van der Waals surface area contributed by atoms with Crippen LogP contribution >= 0.6 is 11.6 Å². The summed E-state index contributed by atoms with van der Waals surface area (Å²) in [6.07, 6.45) is 0. The van der Waals surface area contributed by atoms with Crippen LogP contribution in [0.5, 0.6) is 5.75 Å². The minimum Gasteiger partial charge on any atom is -0.494 e. The maximum atomic E-state index is 13.4. The van der Waals surface area contributed by atoms with Crippen LogP contribution in [0.2, 0.25) is 5.02 Å². The first-order chi connectivity index (χ1) is 13.4. The number of nitrogens with zero attached hydrogens (tertiary/aromatic N) is 1. The Morgan fingerprint density at radius 1 is 1.29 bits per heavy atom. The lowest BCUT2D eigenvalue weighted by molar-refractivity contribution is -0.130. The molecule has 0 bridgehead atoms. The number of anilines is 2. The molecule has 3 rings (SSSR count). The van der Waals surface area contributed by atoms with Gasteiger partial charge < -0.3 is 15.4 Å². The van der Waals surface area contributed by atoms with Crippen LogP contribution in [-0.4, -0.2) is 31.0 Å². The van der Waals surface area contributed by atoms with E-state index < -0.39 is 29.6 Å². The molecular formula is C19H17ClFN3O4. The quantitative estimate of drug-likeness (QED) is 0.748. The molecule has 28 heavy (non-hydrogen) atoms. The molecule has 7 nitrogen and oxygen atoms in total. The Bertz CT molecular complexity index is 920. The maximum Gasteiger partial charge on any atom is 0.328 e. The molecule has 1 saturated heterocycles. The third-order valence-corrected chi connectivity index (χ3v) is 4.38. The van der Waals surface area contributed by atoms with Gasteiger partial charge in [-0.3, -0.25) is 9.59 Å². The lowest BCUT2D eigenvalue weighted by atomic mass is 10.0. The van der Waals surface area contributed by atoms with Gasteiger partial charge in [-0.1, -0.05) is 11.6 Å². The summed E-state index contributed by atoms with van der Waals surface area (Å²) in [5.41, 5.74) is 0.557. The van der Waals surface area contributed by atoms with Gasteiger partial charge in [0, 0.05) is 12.2 Å². The van der Waals surface area contributed by atoms with Gasteiger partial charge >= 0.3 is 6.03 Å². The van der Waals surface area contributed by atoms with Gasteiger partial charge in [0.2, 0.25) is 11.8 Å². The molecule has 1 aliphatic heterocycles. The summed E-state index contributed by atoms with van der Waals surface area (Å²) in [5.74, 6) is -2.48. The SMILES string of the molecule is CCOc1ccc(NC(=O)C2CNC(=O)N(c3ccc(F)c(Cl)c3)C2=O)cc1. The summed E-state index contributed by atoms with van der Waals surface area (Å²) < 4.78 is 18.7. The van der Waals surface area contributed by atoms with E-state index in [0.717, 1.165) is 17.0 Å². The van der Waals surface area contributed by atoms with Crippen molar-refractivity contribution in [3.8, 4) is 5.75 Å². The number of imide groups is 1. The van der Waals surface area contributed by atoms with Gasteiger partial charge in [0.25, 0.3) is 0 Å². The molecule has 0 saturated carbocycles. The van der Waals surface area contributed by atoms with Gasteiger partial charge in [-0.05, 0) is 49.4 Å². The highest BCUT2D eigenvalue weighted by molar-refractivity contribution is 6.31. The second kappa shape index (κ2) is 8.26. The molecule has 0 aliphatic carbocycles. The van der Waals surface area contributed by atoms with Crippen molar-refractivity contribution < 1.29 is 23.5 Å². The van der Waals surface area contributed by atoms with E-state index in [1.165, 1.54) is 6.07 Å².